The monoisotopic (exact) mass is 1420 g/mol. The fourth-order valence-corrected chi connectivity index (χ4v) is 13.6. The molecule has 0 bridgehead atoms. The normalized spacial score (nSPS) is 14.2. The summed E-state index contributed by atoms with van der Waals surface area (Å²) in [5.41, 5.74) is 0. The van der Waals surface area contributed by atoms with Crippen LogP contribution in [0.15, 0.2) is 0 Å². The number of hydrogen-bond acceptors (Lipinski definition) is 15. The number of phosphoric acid groups is 2. The van der Waals surface area contributed by atoms with Crippen LogP contribution in [-0.2, 0) is 65.4 Å². The van der Waals surface area contributed by atoms with Crippen LogP contribution in [0.2, 0.25) is 0 Å². The molecule has 19 heteroatoms. The van der Waals surface area contributed by atoms with Gasteiger partial charge in [-0.15, -0.1) is 0 Å². The van der Waals surface area contributed by atoms with Gasteiger partial charge in [-0.3, -0.25) is 37.3 Å². The minimum Gasteiger partial charge on any atom is -0.462 e. The van der Waals surface area contributed by atoms with E-state index in [-0.39, 0.29) is 25.7 Å². The topological polar surface area (TPSA) is 237 Å². The third-order valence-electron chi connectivity index (χ3n) is 18.6. The Morgan fingerprint density at radius 2 is 0.495 bits per heavy atom. The molecule has 97 heavy (non-hydrogen) atoms. The fraction of sp³-hybridized carbons (Fsp3) is 0.949. The van der Waals surface area contributed by atoms with Crippen LogP contribution in [0, 0.1) is 5.92 Å². The molecule has 0 rings (SSSR count). The Balaban J connectivity index is 5.12. The molecule has 0 aromatic rings. The summed E-state index contributed by atoms with van der Waals surface area (Å²) in [7, 11) is -9.90. The highest BCUT2D eigenvalue weighted by Gasteiger charge is 2.30. The lowest BCUT2D eigenvalue weighted by Gasteiger charge is -2.21. The molecule has 0 aliphatic carbocycles. The quantitative estimate of drug-likeness (QED) is 0.0222. The first-order valence-corrected chi connectivity index (χ1v) is 43.7. The number of aliphatic hydroxyl groups excluding tert-OH is 1. The summed E-state index contributed by atoms with van der Waals surface area (Å²) in [4.78, 5) is 72.6. The van der Waals surface area contributed by atoms with E-state index in [1.807, 2.05) is 0 Å². The van der Waals surface area contributed by atoms with E-state index in [9.17, 15) is 43.2 Å². The van der Waals surface area contributed by atoms with Crippen molar-refractivity contribution in [3.63, 3.8) is 0 Å². The standard InChI is InChI=1S/C78H152O17P2/c1-6-10-13-16-19-22-23-24-25-26-27-31-34-37-40-43-48-52-57-62-76(81)89-68-74(95-78(83)64-59-54-49-44-41-38-35-32-29-28-30-33-36-39-42-45-50-55-60-71(5)9-4)70-93-97(86,87)91-66-72(79)65-90-96(84,85)92-69-73(94-77(82)63-58-53-47-21-18-15-12-8-3)67-88-75(80)61-56-51-46-20-17-14-11-7-2/h71-74,79H,6-70H2,1-5H3,(H,84,85)(H,86,87)/t71?,72-,73+,74+/m0/s1. The van der Waals surface area contributed by atoms with E-state index >= 15 is 0 Å². The molecule has 0 radical (unpaired) electrons. The van der Waals surface area contributed by atoms with Crippen LogP contribution in [0.1, 0.15) is 413 Å². The van der Waals surface area contributed by atoms with Crippen LogP contribution in [-0.4, -0.2) is 96.7 Å². The molecule has 0 heterocycles. The third-order valence-corrected chi connectivity index (χ3v) is 20.5. The Bertz CT molecular complexity index is 1860. The summed E-state index contributed by atoms with van der Waals surface area (Å²) in [5, 5.41) is 10.6. The first-order chi connectivity index (χ1) is 47.1. The summed E-state index contributed by atoms with van der Waals surface area (Å²) >= 11 is 0. The summed E-state index contributed by atoms with van der Waals surface area (Å²) in [6.45, 7) is 7.31. The highest BCUT2D eigenvalue weighted by atomic mass is 31.2. The number of unbranched alkanes of at least 4 members (excludes halogenated alkanes) is 49. The Hall–Kier alpha value is -1.94. The largest absolute Gasteiger partial charge is 0.472 e. The average molecular weight is 1420 g/mol. The number of esters is 4. The first kappa shape index (κ1) is 95.1. The van der Waals surface area contributed by atoms with Crippen molar-refractivity contribution in [1.29, 1.82) is 0 Å². The van der Waals surface area contributed by atoms with Gasteiger partial charge in [0.25, 0.3) is 0 Å². The molecule has 0 aliphatic rings. The molecule has 6 atom stereocenters. The van der Waals surface area contributed by atoms with E-state index in [0.29, 0.717) is 25.7 Å². The van der Waals surface area contributed by atoms with E-state index < -0.39 is 97.5 Å². The molecule has 0 saturated heterocycles. The van der Waals surface area contributed by atoms with Gasteiger partial charge < -0.3 is 33.8 Å². The zero-order valence-corrected chi connectivity index (χ0v) is 65.0. The highest BCUT2D eigenvalue weighted by molar-refractivity contribution is 7.47. The van der Waals surface area contributed by atoms with E-state index in [4.69, 9.17) is 37.0 Å². The van der Waals surface area contributed by atoms with Crippen LogP contribution in [0.4, 0.5) is 0 Å². The minimum atomic E-state index is -4.96. The van der Waals surface area contributed by atoms with Gasteiger partial charge in [-0.25, -0.2) is 9.13 Å². The van der Waals surface area contributed by atoms with Crippen molar-refractivity contribution in [2.45, 2.75) is 432 Å². The Morgan fingerprint density at radius 3 is 0.732 bits per heavy atom. The lowest BCUT2D eigenvalue weighted by Crippen LogP contribution is -2.30. The molecule has 3 N–H and O–H groups in total. The van der Waals surface area contributed by atoms with Crippen LogP contribution in [0.3, 0.4) is 0 Å². The summed E-state index contributed by atoms with van der Waals surface area (Å²) in [6.07, 6.45) is 61.4. The molecule has 17 nitrogen and oxygen atoms in total. The molecule has 0 spiro atoms. The van der Waals surface area contributed by atoms with E-state index in [1.54, 1.807) is 0 Å². The van der Waals surface area contributed by atoms with Crippen molar-refractivity contribution < 1.29 is 80.2 Å². The zero-order valence-electron chi connectivity index (χ0n) is 63.2. The SMILES string of the molecule is CCCCCCCCCCCCCCCCCCCCCC(=O)OC[C@H](COP(=O)(O)OC[C@@H](O)COP(=O)(O)OC[C@@H](COC(=O)CCCCCCCCCC)OC(=O)CCCCCCCCCC)OC(=O)CCCCCCCCCCCCCCCCCCCCC(C)CC. The molecule has 0 aliphatic heterocycles. The van der Waals surface area contributed by atoms with Gasteiger partial charge in [0.2, 0.25) is 0 Å². The second kappa shape index (κ2) is 71.1. The molecular formula is C78H152O17P2. The molecule has 576 valence electrons. The predicted octanol–water partition coefficient (Wildman–Crippen LogP) is 23.3. The van der Waals surface area contributed by atoms with Gasteiger partial charge in [0.15, 0.2) is 12.2 Å². The maximum absolute atomic E-state index is 13.1. The number of carbonyl (C=O) groups excluding carboxylic acids is 4. The highest BCUT2D eigenvalue weighted by Crippen LogP contribution is 2.45. The zero-order chi connectivity index (χ0) is 71.2. The van der Waals surface area contributed by atoms with Gasteiger partial charge in [0.05, 0.1) is 26.4 Å². The number of carbonyl (C=O) groups is 4. The second-order valence-electron chi connectivity index (χ2n) is 28.3. The maximum atomic E-state index is 13.1. The van der Waals surface area contributed by atoms with Gasteiger partial charge in [0.1, 0.15) is 19.3 Å². The molecule has 0 aromatic heterocycles. The molecule has 0 fully saturated rings. The Kier molecular flexibility index (Phi) is 69.6. The number of hydrogen-bond donors (Lipinski definition) is 3. The van der Waals surface area contributed by atoms with Crippen molar-refractivity contribution >= 4 is 39.5 Å². The van der Waals surface area contributed by atoms with E-state index in [2.05, 4.69) is 34.6 Å². The molecule has 0 amide bonds. The van der Waals surface area contributed by atoms with Gasteiger partial charge >= 0.3 is 39.5 Å². The first-order valence-electron chi connectivity index (χ1n) is 40.7. The average Bonchev–Trinajstić information content (AvgIpc) is 1.40. The van der Waals surface area contributed by atoms with E-state index in [1.165, 1.54) is 225 Å². The van der Waals surface area contributed by atoms with E-state index in [0.717, 1.165) is 109 Å². The van der Waals surface area contributed by atoms with Crippen molar-refractivity contribution in [3.05, 3.63) is 0 Å². The fourth-order valence-electron chi connectivity index (χ4n) is 12.0. The number of ether oxygens (including phenoxy) is 4. The van der Waals surface area contributed by atoms with Gasteiger partial charge in [-0.05, 0) is 31.6 Å². The van der Waals surface area contributed by atoms with Crippen molar-refractivity contribution in [2.24, 2.45) is 5.92 Å². The Morgan fingerprint density at radius 1 is 0.289 bits per heavy atom. The number of aliphatic hydroxyl groups is 1. The van der Waals surface area contributed by atoms with Gasteiger partial charge in [-0.2, -0.15) is 0 Å². The van der Waals surface area contributed by atoms with Crippen molar-refractivity contribution in [2.75, 3.05) is 39.6 Å². The third kappa shape index (κ3) is 70.9. The smallest absolute Gasteiger partial charge is 0.462 e. The van der Waals surface area contributed by atoms with Crippen molar-refractivity contribution in [1.82, 2.24) is 0 Å². The molecular weight excluding hydrogens is 1270 g/mol. The van der Waals surface area contributed by atoms with Crippen LogP contribution in [0.25, 0.3) is 0 Å². The van der Waals surface area contributed by atoms with Gasteiger partial charge in [-0.1, -0.05) is 362 Å². The molecule has 0 saturated carbocycles. The van der Waals surface area contributed by atoms with Crippen LogP contribution >= 0.6 is 15.6 Å². The van der Waals surface area contributed by atoms with Crippen molar-refractivity contribution in [3.8, 4) is 0 Å². The molecule has 0 aromatic carbocycles. The predicted molar refractivity (Wildman–Crippen MR) is 395 cm³/mol. The number of phosphoric ester groups is 2. The maximum Gasteiger partial charge on any atom is 0.472 e. The lowest BCUT2D eigenvalue weighted by molar-refractivity contribution is -0.161. The molecule has 3 unspecified atom stereocenters. The second-order valence-corrected chi connectivity index (χ2v) is 31.3. The Labute approximate surface area is 594 Å². The van der Waals surface area contributed by atoms with Crippen LogP contribution in [0.5, 0.6) is 0 Å². The summed E-state index contributed by atoms with van der Waals surface area (Å²) in [6, 6.07) is 0. The minimum absolute atomic E-state index is 0.105. The van der Waals surface area contributed by atoms with Gasteiger partial charge in [0, 0.05) is 25.7 Å². The summed E-state index contributed by atoms with van der Waals surface area (Å²) < 4.78 is 68.4. The van der Waals surface area contributed by atoms with Crippen LogP contribution < -0.4 is 0 Å². The summed E-state index contributed by atoms with van der Waals surface area (Å²) in [5.74, 6) is -1.25. The lowest BCUT2D eigenvalue weighted by atomic mass is 9.99. The number of rotatable bonds is 78.